The third-order valence-electron chi connectivity index (χ3n) is 2.01. The molecule has 1 fully saturated rings. The molecule has 10 heavy (non-hydrogen) atoms. The maximum atomic E-state index is 5.36. The van der Waals surface area contributed by atoms with Crippen LogP contribution in [-0.4, -0.2) is 12.2 Å². The van der Waals surface area contributed by atoms with Gasteiger partial charge in [0.25, 0.3) is 0 Å². The molecule has 0 spiro atoms. The van der Waals surface area contributed by atoms with E-state index in [9.17, 15) is 0 Å². The number of rotatable bonds is 2. The molecule has 1 aliphatic heterocycles. The van der Waals surface area contributed by atoms with Crippen LogP contribution >= 0.6 is 0 Å². The minimum absolute atomic E-state index is 0.213. The molecule has 1 heterocycles. The molecular formula is C6H10Hg2O2. The van der Waals surface area contributed by atoms with Gasteiger partial charge < -0.3 is 0 Å². The second-order valence-corrected chi connectivity index (χ2v) is 6.58. The number of hydrogen-bond acceptors (Lipinski definition) is 2. The molecule has 0 aromatic carbocycles. The Morgan fingerprint density at radius 2 is 2.00 bits per heavy atom. The van der Waals surface area contributed by atoms with Crippen molar-refractivity contribution in [2.75, 3.05) is 6.61 Å². The fourth-order valence-corrected chi connectivity index (χ4v) is 13.2. The Bertz CT molecular complexity index is 95.9. The zero-order valence-corrected chi connectivity index (χ0v) is 17.3. The quantitative estimate of drug-likeness (QED) is 0.409. The van der Waals surface area contributed by atoms with E-state index in [1.54, 1.807) is 0 Å². The van der Waals surface area contributed by atoms with Crippen molar-refractivity contribution in [3.05, 3.63) is 0 Å². The summed E-state index contributed by atoms with van der Waals surface area (Å²) < 4.78 is 2.60. The Kier molecular flexibility index (Phi) is 4.67. The molecule has 0 aliphatic carbocycles. The van der Waals surface area contributed by atoms with E-state index >= 15 is 0 Å². The van der Waals surface area contributed by atoms with Crippen molar-refractivity contribution in [2.24, 2.45) is 0 Å². The first-order chi connectivity index (χ1) is 4.83. The van der Waals surface area contributed by atoms with E-state index in [-0.39, 0.29) is 5.60 Å². The van der Waals surface area contributed by atoms with Crippen LogP contribution in [0.3, 0.4) is 0 Å². The predicted octanol–water partition coefficient (Wildman–Crippen LogP) is 1.40. The molecule has 2 nitrogen and oxygen atoms in total. The third kappa shape index (κ3) is 2.39. The summed E-state index contributed by atoms with van der Waals surface area (Å²) in [7, 11) is 0. The standard InChI is InChI=1S/C6H10O2.2Hg/c1-6(2)4-3-5-7-8-6;;/h1-5H2;;. The van der Waals surface area contributed by atoms with Gasteiger partial charge in [0.15, 0.2) is 0 Å². The molecular weight excluding hydrogens is 505 g/mol. The van der Waals surface area contributed by atoms with E-state index in [0.29, 0.717) is 0 Å². The Morgan fingerprint density at radius 3 is 2.30 bits per heavy atom. The van der Waals surface area contributed by atoms with Crippen molar-refractivity contribution < 1.29 is 62.0 Å². The van der Waals surface area contributed by atoms with Crippen LogP contribution in [-0.2, 0) is 62.0 Å². The van der Waals surface area contributed by atoms with Gasteiger partial charge >= 0.3 is 94.9 Å². The SMILES string of the molecule is [Hg][CH2]C1([CH2][Hg])CCCOO1. The van der Waals surface area contributed by atoms with Crippen molar-refractivity contribution in [3.8, 4) is 0 Å². The second-order valence-electron chi connectivity index (χ2n) is 2.69. The topological polar surface area (TPSA) is 18.5 Å². The molecule has 0 saturated carbocycles. The van der Waals surface area contributed by atoms with Crippen LogP contribution in [0.15, 0.2) is 0 Å². The summed E-state index contributed by atoms with van der Waals surface area (Å²) in [5.41, 5.74) is 0.213. The van der Waals surface area contributed by atoms with Crippen LogP contribution in [0.25, 0.3) is 0 Å². The molecule has 1 aliphatic rings. The first kappa shape index (κ1) is 9.87. The van der Waals surface area contributed by atoms with E-state index in [1.165, 1.54) is 20.7 Å². The molecule has 0 N–H and O–H groups in total. The van der Waals surface area contributed by atoms with Gasteiger partial charge in [0.1, 0.15) is 0 Å². The van der Waals surface area contributed by atoms with E-state index in [0.717, 1.165) is 58.9 Å². The van der Waals surface area contributed by atoms with Gasteiger partial charge in [-0.15, -0.1) is 0 Å². The van der Waals surface area contributed by atoms with Gasteiger partial charge in [0, 0.05) is 0 Å². The molecule has 1 rings (SSSR count). The molecule has 0 aromatic heterocycles. The van der Waals surface area contributed by atoms with Crippen LogP contribution in [0, 0.1) is 0 Å². The predicted molar refractivity (Wildman–Crippen MR) is 28.6 cm³/mol. The normalized spacial score (nSPS) is 24.8. The molecule has 0 atom stereocenters. The Balaban J connectivity index is 2.44. The number of hydrogen-bond donors (Lipinski definition) is 0. The Labute approximate surface area is 93.9 Å². The molecule has 50 valence electrons. The van der Waals surface area contributed by atoms with Crippen molar-refractivity contribution in [2.45, 2.75) is 26.3 Å². The summed E-state index contributed by atoms with van der Waals surface area (Å²) in [6.45, 7) is 0.809. The van der Waals surface area contributed by atoms with E-state index < -0.39 is 0 Å². The van der Waals surface area contributed by atoms with Crippen LogP contribution in [0.1, 0.15) is 12.8 Å². The first-order valence-corrected chi connectivity index (χ1v) is 11.5. The maximum absolute atomic E-state index is 5.36. The van der Waals surface area contributed by atoms with Gasteiger partial charge in [-0.05, 0) is 0 Å². The summed E-state index contributed by atoms with van der Waals surface area (Å²) in [5, 5.41) is 0. The zero-order chi connectivity index (χ0) is 7.45. The van der Waals surface area contributed by atoms with Gasteiger partial charge in [0.05, 0.1) is 0 Å². The van der Waals surface area contributed by atoms with Gasteiger partial charge in [0.2, 0.25) is 0 Å². The summed E-state index contributed by atoms with van der Waals surface area (Å²) in [6, 6.07) is 0. The van der Waals surface area contributed by atoms with Gasteiger partial charge in [-0.25, -0.2) is 0 Å². The fraction of sp³-hybridized carbons (Fsp3) is 1.00. The van der Waals surface area contributed by atoms with Crippen LogP contribution in [0.4, 0.5) is 0 Å². The van der Waals surface area contributed by atoms with Crippen LogP contribution in [0.5, 0.6) is 0 Å². The van der Waals surface area contributed by atoms with E-state index in [1.807, 2.05) is 0 Å². The summed E-state index contributed by atoms with van der Waals surface area (Å²) >= 11 is 1.73. The average Bonchev–Trinajstić information content (AvgIpc) is 2.06. The molecule has 0 aromatic rings. The van der Waals surface area contributed by atoms with Gasteiger partial charge in [-0.2, -0.15) is 0 Å². The zero-order valence-electron chi connectivity index (χ0n) is 6.27. The monoisotopic (exact) mass is 518 g/mol. The molecule has 0 radical (unpaired) electrons. The van der Waals surface area contributed by atoms with Crippen molar-refractivity contribution in [1.82, 2.24) is 0 Å². The van der Waals surface area contributed by atoms with Gasteiger partial charge in [-0.3, -0.25) is 0 Å². The van der Waals surface area contributed by atoms with E-state index in [4.69, 9.17) is 9.78 Å². The van der Waals surface area contributed by atoms with Gasteiger partial charge in [-0.1, -0.05) is 0 Å². The summed E-state index contributed by atoms with van der Waals surface area (Å²) in [5.74, 6) is 0. The minimum atomic E-state index is 0.213. The Hall–Kier alpha value is 1.79. The summed E-state index contributed by atoms with van der Waals surface area (Å²) in [4.78, 5) is 10.4. The first-order valence-electron chi connectivity index (χ1n) is 3.72. The molecule has 4 heteroatoms. The van der Waals surface area contributed by atoms with Crippen LogP contribution < -0.4 is 0 Å². The molecule has 0 amide bonds. The second kappa shape index (κ2) is 4.73. The molecule has 1 saturated heterocycles. The van der Waals surface area contributed by atoms with Crippen molar-refractivity contribution in [3.63, 3.8) is 0 Å². The Morgan fingerprint density at radius 1 is 1.30 bits per heavy atom. The summed E-state index contributed by atoms with van der Waals surface area (Å²) in [6.07, 6.45) is 2.45. The fourth-order valence-electron chi connectivity index (χ4n) is 1.12. The van der Waals surface area contributed by atoms with Crippen molar-refractivity contribution in [1.29, 1.82) is 0 Å². The third-order valence-corrected chi connectivity index (χ3v) is 9.09. The molecule has 0 unspecified atom stereocenters. The average molecular weight is 515 g/mol. The van der Waals surface area contributed by atoms with Crippen LogP contribution in [0.2, 0.25) is 7.86 Å². The van der Waals surface area contributed by atoms with E-state index in [2.05, 4.69) is 0 Å². The van der Waals surface area contributed by atoms with Crippen molar-refractivity contribution >= 4 is 0 Å². The molecule has 0 bridgehead atoms.